The number of nitrogen functional groups attached to an aromatic ring is 1. The summed E-state index contributed by atoms with van der Waals surface area (Å²) in [5.74, 6) is 1.05. The van der Waals surface area contributed by atoms with E-state index in [9.17, 15) is 5.11 Å². The molecule has 0 saturated heterocycles. The van der Waals surface area contributed by atoms with Crippen LogP contribution < -0.4 is 15.4 Å². The van der Waals surface area contributed by atoms with Crippen LogP contribution in [0.3, 0.4) is 0 Å². The summed E-state index contributed by atoms with van der Waals surface area (Å²) in [6.45, 7) is 3.31. The summed E-state index contributed by atoms with van der Waals surface area (Å²) in [7, 11) is 2.01. The molecule has 0 bridgehead atoms. The number of ether oxygens (including phenoxy) is 1. The van der Waals surface area contributed by atoms with Gasteiger partial charge in [0.1, 0.15) is 18.1 Å². The molecule has 1 atom stereocenters. The topological polar surface area (TPSA) is 58.7 Å². The van der Waals surface area contributed by atoms with Gasteiger partial charge in [-0.2, -0.15) is 0 Å². The molecule has 4 heteroatoms. The van der Waals surface area contributed by atoms with Crippen molar-refractivity contribution in [1.82, 2.24) is 0 Å². The first-order chi connectivity index (χ1) is 13.0. The molecule has 3 aromatic carbocycles. The van der Waals surface area contributed by atoms with Crippen LogP contribution in [0.15, 0.2) is 72.8 Å². The number of hydrogen-bond donors (Lipinski definition) is 2. The summed E-state index contributed by atoms with van der Waals surface area (Å²) in [5.41, 5.74) is 9.79. The maximum Gasteiger partial charge on any atom is 0.123 e. The van der Waals surface area contributed by atoms with Crippen LogP contribution in [0.2, 0.25) is 0 Å². The van der Waals surface area contributed by atoms with E-state index in [1.807, 2.05) is 73.8 Å². The fraction of sp³-hybridized carbons (Fsp3) is 0.217. The Morgan fingerprint density at radius 1 is 1.00 bits per heavy atom. The number of nitrogens with zero attached hydrogens (tertiary/aromatic N) is 1. The van der Waals surface area contributed by atoms with Crippen molar-refractivity contribution in [2.24, 2.45) is 0 Å². The zero-order valence-corrected chi connectivity index (χ0v) is 15.8. The first kappa shape index (κ1) is 18.6. The molecule has 1 unspecified atom stereocenters. The molecule has 3 N–H and O–H groups in total. The highest BCUT2D eigenvalue weighted by atomic mass is 16.5. The monoisotopic (exact) mass is 362 g/mol. The third-order valence-corrected chi connectivity index (χ3v) is 4.68. The van der Waals surface area contributed by atoms with Crippen LogP contribution >= 0.6 is 0 Å². The Bertz CT molecular complexity index is 881. The third kappa shape index (κ3) is 4.73. The largest absolute Gasteiger partial charge is 0.508 e. The second-order valence-corrected chi connectivity index (χ2v) is 6.84. The van der Waals surface area contributed by atoms with E-state index in [2.05, 4.69) is 11.8 Å². The van der Waals surface area contributed by atoms with Crippen molar-refractivity contribution < 1.29 is 9.84 Å². The number of rotatable bonds is 7. The number of phenols is 1. The van der Waals surface area contributed by atoms with Gasteiger partial charge in [0.25, 0.3) is 0 Å². The lowest BCUT2D eigenvalue weighted by atomic mass is 9.99. The van der Waals surface area contributed by atoms with E-state index in [-0.39, 0.29) is 11.7 Å². The molecule has 0 fully saturated rings. The highest BCUT2D eigenvalue weighted by Crippen LogP contribution is 2.32. The maximum absolute atomic E-state index is 10.5. The molecule has 27 heavy (non-hydrogen) atoms. The molecule has 0 aliphatic carbocycles. The van der Waals surface area contributed by atoms with Gasteiger partial charge in [-0.05, 0) is 29.3 Å². The zero-order valence-electron chi connectivity index (χ0n) is 15.8. The van der Waals surface area contributed by atoms with Gasteiger partial charge in [-0.25, -0.2) is 0 Å². The van der Waals surface area contributed by atoms with Crippen molar-refractivity contribution in [1.29, 1.82) is 0 Å². The van der Waals surface area contributed by atoms with Crippen molar-refractivity contribution in [3.05, 3.63) is 83.9 Å². The predicted octanol–water partition coefficient (Wildman–Crippen LogP) is 4.79. The van der Waals surface area contributed by atoms with E-state index in [0.29, 0.717) is 12.4 Å². The summed E-state index contributed by atoms with van der Waals surface area (Å²) in [6.07, 6.45) is 0. The van der Waals surface area contributed by atoms with Gasteiger partial charge in [0.2, 0.25) is 0 Å². The molecule has 0 radical (unpaired) electrons. The zero-order chi connectivity index (χ0) is 19.2. The van der Waals surface area contributed by atoms with E-state index in [1.165, 1.54) is 0 Å². The highest BCUT2D eigenvalue weighted by molar-refractivity contribution is 5.67. The van der Waals surface area contributed by atoms with Crippen LogP contribution in [-0.4, -0.2) is 18.7 Å². The van der Waals surface area contributed by atoms with Crippen molar-refractivity contribution >= 4 is 11.4 Å². The number of para-hydroxylation sites is 2. The number of aromatic hydroxyl groups is 1. The first-order valence-electron chi connectivity index (χ1n) is 9.10. The quantitative estimate of drug-likeness (QED) is 0.593. The maximum atomic E-state index is 10.5. The number of benzene rings is 3. The molecule has 0 aromatic heterocycles. The van der Waals surface area contributed by atoms with Crippen LogP contribution in [0.5, 0.6) is 11.5 Å². The summed E-state index contributed by atoms with van der Waals surface area (Å²) in [6, 6.07) is 23.3. The summed E-state index contributed by atoms with van der Waals surface area (Å²) in [5, 5.41) is 10.5. The van der Waals surface area contributed by atoms with Gasteiger partial charge < -0.3 is 20.5 Å². The smallest absolute Gasteiger partial charge is 0.123 e. The van der Waals surface area contributed by atoms with Gasteiger partial charge in [0.05, 0.1) is 11.4 Å². The number of likely N-dealkylation sites (N-methyl/N-ethyl adjacent to an activating group) is 1. The Kier molecular flexibility index (Phi) is 5.87. The second kappa shape index (κ2) is 8.49. The Labute approximate surface area is 160 Å². The van der Waals surface area contributed by atoms with Crippen molar-refractivity contribution in [2.45, 2.75) is 19.4 Å². The third-order valence-electron chi connectivity index (χ3n) is 4.68. The summed E-state index contributed by atoms with van der Waals surface area (Å²) >= 11 is 0. The minimum atomic E-state index is 0.137. The van der Waals surface area contributed by atoms with Gasteiger partial charge in [-0.1, -0.05) is 55.5 Å². The Hall–Kier alpha value is -3.14. The highest BCUT2D eigenvalue weighted by Gasteiger charge is 2.15. The Balaban J connectivity index is 1.65. The Morgan fingerprint density at radius 2 is 1.70 bits per heavy atom. The van der Waals surface area contributed by atoms with Crippen LogP contribution in [0, 0.1) is 0 Å². The number of phenolic OH excluding ortho intramolecular Hbond substituents is 1. The standard InChI is InChI=1S/C23H26N2O2/c1-17(15-25(2)22-11-7-6-10-21(22)24)20-13-12-19(14-23(20)26)27-16-18-8-4-3-5-9-18/h3-14,17,26H,15-16,24H2,1-2H3. The minimum Gasteiger partial charge on any atom is -0.508 e. The number of anilines is 2. The molecule has 0 spiro atoms. The van der Waals surface area contributed by atoms with E-state index in [4.69, 9.17) is 10.5 Å². The predicted molar refractivity (Wildman–Crippen MR) is 111 cm³/mol. The average Bonchev–Trinajstić information content (AvgIpc) is 2.67. The van der Waals surface area contributed by atoms with Crippen LogP contribution in [0.25, 0.3) is 0 Å². The van der Waals surface area contributed by atoms with Gasteiger partial charge in [-0.3, -0.25) is 0 Å². The lowest BCUT2D eigenvalue weighted by Crippen LogP contribution is -2.23. The van der Waals surface area contributed by atoms with Crippen LogP contribution in [0.1, 0.15) is 24.0 Å². The molecule has 0 aliphatic heterocycles. The molecule has 0 heterocycles. The van der Waals surface area contributed by atoms with E-state index in [1.54, 1.807) is 6.07 Å². The summed E-state index contributed by atoms with van der Waals surface area (Å²) in [4.78, 5) is 2.11. The van der Waals surface area contributed by atoms with E-state index in [0.717, 1.165) is 29.0 Å². The molecule has 3 aromatic rings. The van der Waals surface area contributed by atoms with Gasteiger partial charge in [-0.15, -0.1) is 0 Å². The average molecular weight is 362 g/mol. The fourth-order valence-electron chi connectivity index (χ4n) is 3.21. The lowest BCUT2D eigenvalue weighted by molar-refractivity contribution is 0.304. The molecular weight excluding hydrogens is 336 g/mol. The normalized spacial score (nSPS) is 11.8. The van der Waals surface area contributed by atoms with E-state index < -0.39 is 0 Å². The second-order valence-electron chi connectivity index (χ2n) is 6.84. The van der Waals surface area contributed by atoms with Crippen molar-refractivity contribution in [3.63, 3.8) is 0 Å². The van der Waals surface area contributed by atoms with Crippen molar-refractivity contribution in [3.8, 4) is 11.5 Å². The molecular formula is C23H26N2O2. The minimum absolute atomic E-state index is 0.137. The molecule has 0 amide bonds. The molecule has 140 valence electrons. The molecule has 0 saturated carbocycles. The van der Waals surface area contributed by atoms with Crippen LogP contribution in [-0.2, 0) is 6.61 Å². The van der Waals surface area contributed by atoms with Crippen LogP contribution in [0.4, 0.5) is 11.4 Å². The number of nitrogens with two attached hydrogens (primary N) is 1. The van der Waals surface area contributed by atoms with Gasteiger partial charge >= 0.3 is 0 Å². The lowest BCUT2D eigenvalue weighted by Gasteiger charge is -2.25. The summed E-state index contributed by atoms with van der Waals surface area (Å²) < 4.78 is 5.79. The van der Waals surface area contributed by atoms with Crippen molar-refractivity contribution in [2.75, 3.05) is 24.2 Å². The SMILES string of the molecule is CC(CN(C)c1ccccc1N)c1ccc(OCc2ccccc2)cc1O. The Morgan fingerprint density at radius 3 is 2.41 bits per heavy atom. The molecule has 0 aliphatic rings. The number of hydrogen-bond acceptors (Lipinski definition) is 4. The fourth-order valence-corrected chi connectivity index (χ4v) is 3.21. The van der Waals surface area contributed by atoms with Gasteiger partial charge in [0.15, 0.2) is 0 Å². The molecule has 4 nitrogen and oxygen atoms in total. The first-order valence-corrected chi connectivity index (χ1v) is 9.10. The molecule has 3 rings (SSSR count). The van der Waals surface area contributed by atoms with E-state index >= 15 is 0 Å². The van der Waals surface area contributed by atoms with Gasteiger partial charge in [0, 0.05) is 25.6 Å².